The highest BCUT2D eigenvalue weighted by Crippen LogP contribution is 2.42. The van der Waals surface area contributed by atoms with Gasteiger partial charge in [-0.3, -0.25) is 4.79 Å². The van der Waals surface area contributed by atoms with Crippen LogP contribution in [0.5, 0.6) is 0 Å². The van der Waals surface area contributed by atoms with Crippen molar-refractivity contribution in [2.24, 2.45) is 0 Å². The molecule has 0 saturated carbocycles. The van der Waals surface area contributed by atoms with Gasteiger partial charge in [-0.15, -0.1) is 0 Å². The maximum Gasteiger partial charge on any atom is 0.466 e. The summed E-state index contributed by atoms with van der Waals surface area (Å²) < 4.78 is 26.0. The van der Waals surface area contributed by atoms with Gasteiger partial charge in [0.05, 0.1) is 17.6 Å². The van der Waals surface area contributed by atoms with Gasteiger partial charge in [-0.2, -0.15) is 0 Å². The number of rotatable bonds is 4. The van der Waals surface area contributed by atoms with Gasteiger partial charge in [0.2, 0.25) is 0 Å². The largest absolute Gasteiger partial charge is 0.481 e. The molecule has 0 radical (unpaired) electrons. The summed E-state index contributed by atoms with van der Waals surface area (Å²) in [4.78, 5) is 11.2. The highest BCUT2D eigenvalue weighted by molar-refractivity contribution is 6.48. The summed E-state index contributed by atoms with van der Waals surface area (Å²) in [5.41, 5.74) is -1.00. The van der Waals surface area contributed by atoms with Crippen molar-refractivity contribution < 1.29 is 23.6 Å². The Morgan fingerprint density at radius 1 is 1.32 bits per heavy atom. The van der Waals surface area contributed by atoms with E-state index in [9.17, 15) is 9.18 Å². The molecule has 1 heterocycles. The fourth-order valence-corrected chi connectivity index (χ4v) is 2.55. The number of benzene rings is 1. The van der Waals surface area contributed by atoms with Gasteiger partial charge in [0.15, 0.2) is 0 Å². The lowest BCUT2D eigenvalue weighted by Crippen LogP contribution is -2.41. The number of hydrogen-bond donors (Lipinski definition) is 1. The van der Waals surface area contributed by atoms with Crippen LogP contribution in [0, 0.1) is 5.82 Å². The maximum absolute atomic E-state index is 14.2. The Morgan fingerprint density at radius 3 is 2.32 bits per heavy atom. The van der Waals surface area contributed by atoms with E-state index < -0.39 is 35.9 Å². The molecule has 1 fully saturated rings. The molecule has 1 saturated heterocycles. The summed E-state index contributed by atoms with van der Waals surface area (Å²) in [5.74, 6) is -2.36. The molecule has 120 valence electrons. The number of hydrogen-bond acceptors (Lipinski definition) is 3. The number of aliphatic carboxylic acids is 1. The third-order valence-electron chi connectivity index (χ3n) is 4.36. The first kappa shape index (κ1) is 17.3. The van der Waals surface area contributed by atoms with E-state index in [4.69, 9.17) is 26.0 Å². The molecule has 0 aromatic heterocycles. The lowest BCUT2D eigenvalue weighted by molar-refractivity contribution is -0.137. The zero-order valence-electron chi connectivity index (χ0n) is 13.0. The second-order valence-electron chi connectivity index (χ2n) is 6.49. The van der Waals surface area contributed by atoms with Crippen molar-refractivity contribution in [2.75, 3.05) is 0 Å². The van der Waals surface area contributed by atoms with Gasteiger partial charge in [-0.25, -0.2) is 4.39 Å². The molecule has 7 heteroatoms. The number of carboxylic acid groups (broad SMARTS) is 1. The van der Waals surface area contributed by atoms with E-state index in [2.05, 4.69) is 0 Å². The first-order chi connectivity index (χ1) is 10.0. The van der Waals surface area contributed by atoms with Crippen molar-refractivity contribution in [2.45, 2.75) is 51.1 Å². The minimum Gasteiger partial charge on any atom is -0.481 e. The summed E-state index contributed by atoms with van der Waals surface area (Å²) in [6.45, 7) is 7.46. The minimum atomic E-state index is -1.05. The van der Waals surface area contributed by atoms with Crippen molar-refractivity contribution in [3.05, 3.63) is 34.6 Å². The summed E-state index contributed by atoms with van der Waals surface area (Å²) in [6, 6.07) is 4.17. The van der Waals surface area contributed by atoms with Crippen LogP contribution in [0.15, 0.2) is 18.2 Å². The quantitative estimate of drug-likeness (QED) is 0.857. The predicted molar refractivity (Wildman–Crippen MR) is 82.5 cm³/mol. The number of halogens is 2. The molecule has 4 nitrogen and oxygen atoms in total. The molecular weight excluding hydrogens is 309 g/mol. The van der Waals surface area contributed by atoms with Gasteiger partial charge < -0.3 is 14.4 Å². The average Bonchev–Trinajstić information content (AvgIpc) is 2.56. The smallest absolute Gasteiger partial charge is 0.466 e. The zero-order chi connectivity index (χ0) is 16.7. The Labute approximate surface area is 134 Å². The fraction of sp³-hybridized carbons (Fsp3) is 0.533. The molecule has 0 spiro atoms. The molecule has 22 heavy (non-hydrogen) atoms. The van der Waals surface area contributed by atoms with Gasteiger partial charge in [0.25, 0.3) is 0 Å². The highest BCUT2D eigenvalue weighted by atomic mass is 35.5. The predicted octanol–water partition coefficient (Wildman–Crippen LogP) is 3.67. The van der Waals surface area contributed by atoms with E-state index in [0.717, 1.165) is 6.07 Å². The first-order valence-corrected chi connectivity index (χ1v) is 7.44. The van der Waals surface area contributed by atoms with Gasteiger partial charge in [-0.1, -0.05) is 17.7 Å². The van der Waals surface area contributed by atoms with Crippen LogP contribution in [0.1, 0.15) is 45.5 Å². The molecular formula is C15H19BClFO4. The standard InChI is InChI=1S/C15H19BClFO4/c1-14(2)15(3,4)22-16(21-14)11(8-13(19)20)10-6-5-9(17)7-12(10)18/h5-7,11H,8H2,1-4H3,(H,19,20). The van der Waals surface area contributed by atoms with E-state index in [-0.39, 0.29) is 17.0 Å². The molecule has 1 N–H and O–H groups in total. The minimum absolute atomic E-state index is 0.227. The molecule has 1 aromatic rings. The Kier molecular flexibility index (Phi) is 4.57. The van der Waals surface area contributed by atoms with Crippen molar-refractivity contribution in [1.29, 1.82) is 0 Å². The Morgan fingerprint density at radius 2 is 1.86 bits per heavy atom. The van der Waals surface area contributed by atoms with E-state index >= 15 is 0 Å². The molecule has 1 aromatic carbocycles. The molecule has 1 unspecified atom stereocenters. The Hall–Kier alpha value is -1.11. The maximum atomic E-state index is 14.2. The molecule has 0 aliphatic carbocycles. The lowest BCUT2D eigenvalue weighted by Gasteiger charge is -2.32. The molecule has 1 aliphatic rings. The van der Waals surface area contributed by atoms with Crippen molar-refractivity contribution >= 4 is 24.7 Å². The fourth-order valence-electron chi connectivity index (χ4n) is 2.40. The summed E-state index contributed by atoms with van der Waals surface area (Å²) in [5, 5.41) is 9.41. The van der Waals surface area contributed by atoms with Crippen LogP contribution in [-0.2, 0) is 14.1 Å². The van der Waals surface area contributed by atoms with Crippen LogP contribution >= 0.6 is 11.6 Å². The van der Waals surface area contributed by atoms with E-state index in [1.165, 1.54) is 12.1 Å². The normalized spacial score (nSPS) is 20.9. The van der Waals surface area contributed by atoms with Gasteiger partial charge in [-0.05, 0) is 45.4 Å². The Bertz CT molecular complexity index is 575. The van der Waals surface area contributed by atoms with Gasteiger partial charge in [0, 0.05) is 10.8 Å². The van der Waals surface area contributed by atoms with Gasteiger partial charge in [0.1, 0.15) is 5.82 Å². The molecule has 0 amide bonds. The van der Waals surface area contributed by atoms with Crippen LogP contribution in [-0.4, -0.2) is 29.4 Å². The second kappa shape index (κ2) is 5.83. The molecule has 1 aliphatic heterocycles. The molecule has 1 atom stereocenters. The second-order valence-corrected chi connectivity index (χ2v) is 6.93. The first-order valence-electron chi connectivity index (χ1n) is 7.06. The van der Waals surface area contributed by atoms with Crippen molar-refractivity contribution in [3.63, 3.8) is 0 Å². The Balaban J connectivity index is 2.38. The summed E-state index contributed by atoms with van der Waals surface area (Å²) in [6.07, 6.45) is -0.296. The van der Waals surface area contributed by atoms with Crippen LogP contribution in [0.25, 0.3) is 0 Å². The monoisotopic (exact) mass is 328 g/mol. The van der Waals surface area contributed by atoms with Crippen molar-refractivity contribution in [3.8, 4) is 0 Å². The van der Waals surface area contributed by atoms with Gasteiger partial charge >= 0.3 is 13.1 Å². The van der Waals surface area contributed by atoms with E-state index in [0.29, 0.717) is 0 Å². The number of carboxylic acids is 1. The van der Waals surface area contributed by atoms with E-state index in [1.807, 2.05) is 27.7 Å². The SMILES string of the molecule is CC1(C)OB(C(CC(=O)O)c2ccc(Cl)cc2F)OC1(C)C. The lowest BCUT2D eigenvalue weighted by atomic mass is 9.66. The van der Waals surface area contributed by atoms with E-state index in [1.54, 1.807) is 0 Å². The third-order valence-corrected chi connectivity index (χ3v) is 4.59. The van der Waals surface area contributed by atoms with Crippen LogP contribution < -0.4 is 0 Å². The summed E-state index contributed by atoms with van der Waals surface area (Å²) >= 11 is 5.76. The molecule has 2 rings (SSSR count). The van der Waals surface area contributed by atoms with Crippen LogP contribution in [0.4, 0.5) is 4.39 Å². The number of carbonyl (C=O) groups is 1. The van der Waals surface area contributed by atoms with Crippen LogP contribution in [0.3, 0.4) is 0 Å². The third kappa shape index (κ3) is 3.29. The topological polar surface area (TPSA) is 55.8 Å². The summed E-state index contributed by atoms with van der Waals surface area (Å²) in [7, 11) is -0.836. The molecule has 0 bridgehead atoms. The van der Waals surface area contributed by atoms with Crippen molar-refractivity contribution in [1.82, 2.24) is 0 Å². The average molecular weight is 329 g/mol. The van der Waals surface area contributed by atoms with Crippen LogP contribution in [0.2, 0.25) is 5.02 Å². The highest BCUT2D eigenvalue weighted by Gasteiger charge is 2.54. The zero-order valence-corrected chi connectivity index (χ0v) is 13.8.